The first-order chi connectivity index (χ1) is 13.6. The fraction of sp³-hybridized carbons (Fsp3) is 0.250. The molecule has 1 amide bonds. The molecule has 144 valence electrons. The van der Waals surface area contributed by atoms with Crippen molar-refractivity contribution in [1.82, 2.24) is 4.57 Å². The Balaban J connectivity index is 1.68. The average molecular weight is 398 g/mol. The normalized spacial score (nSPS) is 16.2. The highest BCUT2D eigenvalue weighted by atomic mass is 32.1. The number of amides is 1. The van der Waals surface area contributed by atoms with Gasteiger partial charge < -0.3 is 18.8 Å². The molecule has 0 spiro atoms. The van der Waals surface area contributed by atoms with Crippen molar-refractivity contribution in [1.29, 1.82) is 0 Å². The van der Waals surface area contributed by atoms with Gasteiger partial charge in [0.1, 0.15) is 6.61 Å². The van der Waals surface area contributed by atoms with Gasteiger partial charge in [-0.15, -0.1) is 0 Å². The lowest BCUT2D eigenvalue weighted by atomic mass is 10.2. The van der Waals surface area contributed by atoms with E-state index in [0.29, 0.717) is 28.4 Å². The van der Waals surface area contributed by atoms with Crippen molar-refractivity contribution in [3.05, 3.63) is 52.8 Å². The summed E-state index contributed by atoms with van der Waals surface area (Å²) in [6, 6.07) is 12.5. The number of fused-ring (bicyclic) bond motifs is 2. The minimum absolute atomic E-state index is 0.114. The van der Waals surface area contributed by atoms with Crippen LogP contribution in [0, 0.1) is 0 Å². The zero-order valence-corrected chi connectivity index (χ0v) is 16.2. The molecule has 8 heteroatoms. The monoisotopic (exact) mass is 398 g/mol. The molecule has 0 saturated heterocycles. The third-order valence-corrected chi connectivity index (χ3v) is 5.45. The summed E-state index contributed by atoms with van der Waals surface area (Å²) in [6.45, 7) is 2.72. The Kier molecular flexibility index (Phi) is 4.87. The molecule has 2 heterocycles. The maximum absolute atomic E-state index is 12.7. The summed E-state index contributed by atoms with van der Waals surface area (Å²) in [4.78, 5) is 29.3. The summed E-state index contributed by atoms with van der Waals surface area (Å²) in [6.07, 6.45) is -0.795. The van der Waals surface area contributed by atoms with Crippen molar-refractivity contribution >= 4 is 33.4 Å². The van der Waals surface area contributed by atoms with Crippen LogP contribution >= 0.6 is 11.3 Å². The van der Waals surface area contributed by atoms with Crippen LogP contribution in [-0.4, -0.2) is 36.3 Å². The summed E-state index contributed by atoms with van der Waals surface area (Å²) >= 11 is 1.34. The second-order valence-electron chi connectivity index (χ2n) is 6.12. The Morgan fingerprint density at radius 3 is 2.79 bits per heavy atom. The first-order valence-corrected chi connectivity index (χ1v) is 9.61. The van der Waals surface area contributed by atoms with Crippen LogP contribution < -0.4 is 14.3 Å². The zero-order valence-electron chi connectivity index (χ0n) is 15.4. The first kappa shape index (κ1) is 18.2. The van der Waals surface area contributed by atoms with E-state index in [1.165, 1.54) is 18.4 Å². The minimum Gasteiger partial charge on any atom is -0.485 e. The topological polar surface area (TPSA) is 79.1 Å². The Bertz CT molecular complexity index is 1130. The quantitative estimate of drug-likeness (QED) is 0.634. The van der Waals surface area contributed by atoms with E-state index in [0.717, 1.165) is 10.2 Å². The number of hydrogen-bond donors (Lipinski definition) is 0. The van der Waals surface area contributed by atoms with Crippen molar-refractivity contribution in [3.8, 4) is 11.5 Å². The van der Waals surface area contributed by atoms with Gasteiger partial charge in [0.25, 0.3) is 5.91 Å². The van der Waals surface area contributed by atoms with E-state index in [1.54, 1.807) is 24.3 Å². The lowest BCUT2D eigenvalue weighted by Gasteiger charge is -2.23. The van der Waals surface area contributed by atoms with Gasteiger partial charge in [-0.05, 0) is 37.3 Å². The summed E-state index contributed by atoms with van der Waals surface area (Å²) in [7, 11) is 1.34. The van der Waals surface area contributed by atoms with Gasteiger partial charge in [-0.1, -0.05) is 23.5 Å². The van der Waals surface area contributed by atoms with E-state index in [9.17, 15) is 9.59 Å². The highest BCUT2D eigenvalue weighted by Gasteiger charge is 2.27. The van der Waals surface area contributed by atoms with E-state index in [4.69, 9.17) is 14.2 Å². The summed E-state index contributed by atoms with van der Waals surface area (Å²) in [5.41, 5.74) is 1.36. The molecule has 28 heavy (non-hydrogen) atoms. The number of aromatic nitrogens is 1. The number of rotatable bonds is 3. The van der Waals surface area contributed by atoms with Crippen molar-refractivity contribution < 1.29 is 23.8 Å². The van der Waals surface area contributed by atoms with Gasteiger partial charge in [0.15, 0.2) is 16.3 Å². The third-order valence-electron chi connectivity index (χ3n) is 4.41. The zero-order chi connectivity index (χ0) is 19.7. The van der Waals surface area contributed by atoms with E-state index in [1.807, 2.05) is 29.7 Å². The van der Waals surface area contributed by atoms with Crippen LogP contribution in [0.1, 0.15) is 17.3 Å². The van der Waals surface area contributed by atoms with E-state index in [-0.39, 0.29) is 6.61 Å². The second kappa shape index (κ2) is 7.47. The molecule has 1 aliphatic rings. The molecule has 0 unspecified atom stereocenters. The highest BCUT2D eigenvalue weighted by molar-refractivity contribution is 7.16. The molecular formula is C20H18N2O5S. The van der Waals surface area contributed by atoms with Gasteiger partial charge in [0.2, 0.25) is 6.10 Å². The first-order valence-electron chi connectivity index (χ1n) is 8.79. The van der Waals surface area contributed by atoms with Crippen molar-refractivity contribution in [2.24, 2.45) is 4.99 Å². The van der Waals surface area contributed by atoms with Gasteiger partial charge >= 0.3 is 5.97 Å². The summed E-state index contributed by atoms with van der Waals surface area (Å²) < 4.78 is 18.9. The van der Waals surface area contributed by atoms with Gasteiger partial charge in [-0.25, -0.2) is 4.79 Å². The summed E-state index contributed by atoms with van der Waals surface area (Å²) in [5, 5.41) is 0. The fourth-order valence-corrected chi connectivity index (χ4v) is 4.16. The van der Waals surface area contributed by atoms with Crippen molar-refractivity contribution in [2.75, 3.05) is 13.7 Å². The summed E-state index contributed by atoms with van der Waals surface area (Å²) in [5.74, 6) is 0.341. The fourth-order valence-electron chi connectivity index (χ4n) is 3.02. The number of methoxy groups -OCH3 is 1. The van der Waals surface area contributed by atoms with Crippen LogP contribution in [0.3, 0.4) is 0 Å². The Morgan fingerprint density at radius 2 is 2.04 bits per heavy atom. The van der Waals surface area contributed by atoms with Crippen molar-refractivity contribution in [3.63, 3.8) is 0 Å². The molecule has 0 bridgehead atoms. The minimum atomic E-state index is -0.795. The van der Waals surface area contributed by atoms with Crippen LogP contribution in [0.5, 0.6) is 11.5 Å². The average Bonchev–Trinajstić information content (AvgIpc) is 3.08. The lowest BCUT2D eigenvalue weighted by molar-refractivity contribution is -0.127. The van der Waals surface area contributed by atoms with Crippen LogP contribution in [0.4, 0.5) is 0 Å². The van der Waals surface area contributed by atoms with Crippen LogP contribution in [0.15, 0.2) is 47.5 Å². The van der Waals surface area contributed by atoms with Crippen LogP contribution in [0.25, 0.3) is 10.2 Å². The maximum atomic E-state index is 12.7. The number of thiazole rings is 1. The lowest BCUT2D eigenvalue weighted by Crippen LogP contribution is -2.36. The number of carbonyl (C=O) groups is 2. The molecule has 0 radical (unpaired) electrons. The molecule has 3 aromatic rings. The molecule has 0 fully saturated rings. The predicted octanol–water partition coefficient (Wildman–Crippen LogP) is 2.78. The second-order valence-corrected chi connectivity index (χ2v) is 7.13. The number of hydrogen-bond acceptors (Lipinski definition) is 6. The highest BCUT2D eigenvalue weighted by Crippen LogP contribution is 2.31. The van der Waals surface area contributed by atoms with E-state index in [2.05, 4.69) is 4.99 Å². The standard InChI is InChI=1S/C20H18N2O5S/c1-3-22-13-9-8-12(19(24)25-2)10-17(13)28-20(22)21-18(23)16-11-26-14-6-4-5-7-15(14)27-16/h4-10,16H,3,11H2,1-2H3/t16-/m1/s1. The molecule has 1 atom stereocenters. The SMILES string of the molecule is CCn1c(=NC(=O)[C@H]2COc3ccccc3O2)sc2cc(C(=O)OC)ccc21. The number of carbonyl (C=O) groups excluding carboxylic acids is 2. The Labute approximate surface area is 164 Å². The third kappa shape index (κ3) is 3.27. The molecule has 2 aromatic carbocycles. The molecular weight excluding hydrogens is 380 g/mol. The van der Waals surface area contributed by atoms with Gasteiger partial charge in [-0.2, -0.15) is 4.99 Å². The Morgan fingerprint density at radius 1 is 1.25 bits per heavy atom. The maximum Gasteiger partial charge on any atom is 0.337 e. The number of para-hydroxylation sites is 2. The number of ether oxygens (including phenoxy) is 3. The molecule has 7 nitrogen and oxygen atoms in total. The van der Waals surface area contributed by atoms with E-state index < -0.39 is 18.0 Å². The van der Waals surface area contributed by atoms with Crippen LogP contribution in [0.2, 0.25) is 0 Å². The molecule has 1 aliphatic heterocycles. The molecule has 0 saturated carbocycles. The molecule has 0 aliphatic carbocycles. The molecule has 4 rings (SSSR count). The Hall–Kier alpha value is -3.13. The predicted molar refractivity (Wildman–Crippen MR) is 104 cm³/mol. The van der Waals surface area contributed by atoms with E-state index >= 15 is 0 Å². The number of nitrogens with zero attached hydrogens (tertiary/aromatic N) is 2. The van der Waals surface area contributed by atoms with Crippen molar-refractivity contribution in [2.45, 2.75) is 19.6 Å². The van der Waals surface area contributed by atoms with Gasteiger partial charge in [0, 0.05) is 6.54 Å². The number of esters is 1. The number of benzene rings is 2. The van der Waals surface area contributed by atoms with Crippen LogP contribution in [-0.2, 0) is 16.1 Å². The largest absolute Gasteiger partial charge is 0.485 e. The van der Waals surface area contributed by atoms with Gasteiger partial charge in [0.05, 0.1) is 22.9 Å². The molecule has 0 N–H and O–H groups in total. The number of aryl methyl sites for hydroxylation is 1. The van der Waals surface area contributed by atoms with Gasteiger partial charge in [-0.3, -0.25) is 4.79 Å². The molecule has 1 aromatic heterocycles. The smallest absolute Gasteiger partial charge is 0.337 e.